The molecule has 2 rings (SSSR count). The van der Waals surface area contributed by atoms with Crippen molar-refractivity contribution in [3.8, 4) is 12.1 Å². The van der Waals surface area contributed by atoms with Crippen molar-refractivity contribution in [3.63, 3.8) is 0 Å². The first-order valence-corrected chi connectivity index (χ1v) is 7.33. The summed E-state index contributed by atoms with van der Waals surface area (Å²) in [7, 11) is 2.99. The molecule has 0 saturated heterocycles. The number of nitriles is 2. The highest BCUT2D eigenvalue weighted by atomic mass is 33.1. The summed E-state index contributed by atoms with van der Waals surface area (Å²) in [6, 6.07) is 19.2. The molecule has 0 radical (unpaired) electrons. The molecule has 0 atom stereocenters. The molecule has 0 aromatic heterocycles. The number of benzene rings is 2. The van der Waals surface area contributed by atoms with Crippen LogP contribution in [0.3, 0.4) is 0 Å². The van der Waals surface area contributed by atoms with E-state index in [0.717, 1.165) is 9.79 Å². The van der Waals surface area contributed by atoms with Crippen molar-refractivity contribution in [3.05, 3.63) is 59.7 Å². The summed E-state index contributed by atoms with van der Waals surface area (Å²) in [5.74, 6) is 0. The fraction of sp³-hybridized carbons (Fsp3) is 0. The van der Waals surface area contributed by atoms with Gasteiger partial charge in [-0.25, -0.2) is 0 Å². The summed E-state index contributed by atoms with van der Waals surface area (Å²) < 4.78 is 0. The van der Waals surface area contributed by atoms with Gasteiger partial charge in [0.25, 0.3) is 0 Å². The van der Waals surface area contributed by atoms with E-state index in [1.54, 1.807) is 12.1 Å². The van der Waals surface area contributed by atoms with Crippen LogP contribution in [-0.4, -0.2) is 0 Å². The molecule has 0 spiro atoms. The van der Waals surface area contributed by atoms with Crippen molar-refractivity contribution >= 4 is 21.6 Å². The summed E-state index contributed by atoms with van der Waals surface area (Å²) in [6.07, 6.45) is 0. The smallest absolute Gasteiger partial charge is 0.100 e. The van der Waals surface area contributed by atoms with Gasteiger partial charge in [-0.05, 0) is 24.3 Å². The highest BCUT2D eigenvalue weighted by molar-refractivity contribution is 8.76. The summed E-state index contributed by atoms with van der Waals surface area (Å²) in [5.41, 5.74) is 1.31. The maximum atomic E-state index is 8.99. The summed E-state index contributed by atoms with van der Waals surface area (Å²) in [4.78, 5) is 1.83. The minimum atomic E-state index is 0.657. The monoisotopic (exact) mass is 268 g/mol. The van der Waals surface area contributed by atoms with Crippen molar-refractivity contribution in [2.45, 2.75) is 9.79 Å². The van der Waals surface area contributed by atoms with Crippen molar-refractivity contribution in [1.29, 1.82) is 10.5 Å². The molecule has 0 aliphatic carbocycles. The normalized spacial score (nSPS) is 9.44. The Bertz CT molecular complexity index is 581. The molecule has 0 aliphatic rings. The second kappa shape index (κ2) is 6.16. The molecule has 0 unspecified atom stereocenters. The largest absolute Gasteiger partial charge is 0.192 e. The molecule has 18 heavy (non-hydrogen) atoms. The maximum Gasteiger partial charge on any atom is 0.100 e. The second-order valence-electron chi connectivity index (χ2n) is 3.38. The van der Waals surface area contributed by atoms with Crippen LogP contribution in [0.15, 0.2) is 58.3 Å². The topological polar surface area (TPSA) is 47.6 Å². The SMILES string of the molecule is N#Cc1ccccc1SSc1ccccc1C#N. The number of hydrogen-bond donors (Lipinski definition) is 0. The number of rotatable bonds is 3. The van der Waals surface area contributed by atoms with E-state index in [-0.39, 0.29) is 0 Å². The van der Waals surface area contributed by atoms with Gasteiger partial charge >= 0.3 is 0 Å². The van der Waals surface area contributed by atoms with Crippen LogP contribution in [0.5, 0.6) is 0 Å². The van der Waals surface area contributed by atoms with E-state index in [9.17, 15) is 0 Å². The van der Waals surface area contributed by atoms with Crippen LogP contribution < -0.4 is 0 Å². The molecule has 0 saturated carbocycles. The fourth-order valence-corrected chi connectivity index (χ4v) is 3.62. The molecule has 2 aromatic carbocycles. The molecular weight excluding hydrogens is 260 g/mol. The summed E-state index contributed by atoms with van der Waals surface area (Å²) in [5, 5.41) is 18.0. The van der Waals surface area contributed by atoms with E-state index in [0.29, 0.717) is 11.1 Å². The zero-order valence-corrected chi connectivity index (χ0v) is 11.0. The van der Waals surface area contributed by atoms with Crippen LogP contribution in [-0.2, 0) is 0 Å². The van der Waals surface area contributed by atoms with E-state index in [4.69, 9.17) is 10.5 Å². The predicted octanol–water partition coefficient (Wildman–Crippen LogP) is 4.23. The molecule has 86 valence electrons. The Balaban J connectivity index is 2.18. The Morgan fingerprint density at radius 2 is 1.06 bits per heavy atom. The van der Waals surface area contributed by atoms with Crippen molar-refractivity contribution in [1.82, 2.24) is 0 Å². The number of hydrogen-bond acceptors (Lipinski definition) is 4. The fourth-order valence-electron chi connectivity index (χ4n) is 1.35. The molecule has 0 amide bonds. The van der Waals surface area contributed by atoms with Crippen LogP contribution >= 0.6 is 21.6 Å². The van der Waals surface area contributed by atoms with Crippen LogP contribution in [0.2, 0.25) is 0 Å². The van der Waals surface area contributed by atoms with Crippen molar-refractivity contribution < 1.29 is 0 Å². The molecule has 0 aliphatic heterocycles. The van der Waals surface area contributed by atoms with Gasteiger partial charge in [0.2, 0.25) is 0 Å². The Kier molecular flexibility index (Phi) is 4.30. The van der Waals surface area contributed by atoms with E-state index in [1.807, 2.05) is 36.4 Å². The van der Waals surface area contributed by atoms with Crippen molar-refractivity contribution in [2.75, 3.05) is 0 Å². The van der Waals surface area contributed by atoms with E-state index >= 15 is 0 Å². The number of nitrogens with zero attached hydrogens (tertiary/aromatic N) is 2. The van der Waals surface area contributed by atoms with Gasteiger partial charge in [0.15, 0.2) is 0 Å². The Morgan fingerprint density at radius 3 is 1.44 bits per heavy atom. The molecule has 4 heteroatoms. The predicted molar refractivity (Wildman–Crippen MR) is 74.0 cm³/mol. The van der Waals surface area contributed by atoms with E-state index < -0.39 is 0 Å². The molecular formula is C14H8N2S2. The molecule has 2 aromatic rings. The minimum absolute atomic E-state index is 0.657. The summed E-state index contributed by atoms with van der Waals surface area (Å²) >= 11 is 0. The van der Waals surface area contributed by atoms with Crippen LogP contribution in [0.4, 0.5) is 0 Å². The highest BCUT2D eigenvalue weighted by Crippen LogP contribution is 2.39. The highest BCUT2D eigenvalue weighted by Gasteiger charge is 2.05. The van der Waals surface area contributed by atoms with E-state index in [1.165, 1.54) is 21.6 Å². The Morgan fingerprint density at radius 1 is 0.667 bits per heavy atom. The zero-order valence-electron chi connectivity index (χ0n) is 9.33. The Labute approximate surface area is 114 Å². The lowest BCUT2D eigenvalue weighted by Gasteiger charge is -2.04. The van der Waals surface area contributed by atoms with Gasteiger partial charge in [-0.1, -0.05) is 45.9 Å². The maximum absolute atomic E-state index is 8.99. The quantitative estimate of drug-likeness (QED) is 0.782. The molecule has 2 nitrogen and oxygen atoms in total. The lowest BCUT2D eigenvalue weighted by molar-refractivity contribution is 1.37. The van der Waals surface area contributed by atoms with Gasteiger partial charge in [0.05, 0.1) is 11.1 Å². The second-order valence-corrected chi connectivity index (χ2v) is 5.60. The Hall–Kier alpha value is -1.88. The molecule has 0 bridgehead atoms. The molecule has 0 fully saturated rings. The third-order valence-electron chi connectivity index (χ3n) is 2.24. The van der Waals surface area contributed by atoms with Gasteiger partial charge < -0.3 is 0 Å². The third-order valence-corrected chi connectivity index (χ3v) is 4.72. The zero-order chi connectivity index (χ0) is 12.8. The van der Waals surface area contributed by atoms with Gasteiger partial charge in [-0.15, -0.1) is 0 Å². The average molecular weight is 268 g/mol. The molecule has 0 heterocycles. The van der Waals surface area contributed by atoms with Crippen molar-refractivity contribution in [2.24, 2.45) is 0 Å². The van der Waals surface area contributed by atoms with Crippen LogP contribution in [0.25, 0.3) is 0 Å². The van der Waals surface area contributed by atoms with Gasteiger partial charge in [-0.3, -0.25) is 0 Å². The molecule has 0 N–H and O–H groups in total. The van der Waals surface area contributed by atoms with E-state index in [2.05, 4.69) is 12.1 Å². The van der Waals surface area contributed by atoms with Crippen LogP contribution in [0.1, 0.15) is 11.1 Å². The first-order valence-electron chi connectivity index (χ1n) is 5.18. The third kappa shape index (κ3) is 2.87. The van der Waals surface area contributed by atoms with Gasteiger partial charge in [0, 0.05) is 9.79 Å². The van der Waals surface area contributed by atoms with Gasteiger partial charge in [0.1, 0.15) is 12.1 Å². The van der Waals surface area contributed by atoms with Crippen LogP contribution in [0, 0.1) is 22.7 Å². The van der Waals surface area contributed by atoms with Gasteiger partial charge in [-0.2, -0.15) is 10.5 Å². The standard InChI is InChI=1S/C14H8N2S2/c15-9-11-5-1-3-7-13(11)17-18-14-8-4-2-6-12(14)10-16/h1-8H. The lowest BCUT2D eigenvalue weighted by Crippen LogP contribution is -1.80. The summed E-state index contributed by atoms with van der Waals surface area (Å²) in [6.45, 7) is 0. The first kappa shape index (κ1) is 12.6. The minimum Gasteiger partial charge on any atom is -0.192 e. The average Bonchev–Trinajstić information content (AvgIpc) is 2.45. The first-order chi connectivity index (χ1) is 8.85. The lowest BCUT2D eigenvalue weighted by atomic mass is 10.2.